The van der Waals surface area contributed by atoms with Crippen LogP contribution in [0.5, 0.6) is 5.75 Å². The Labute approximate surface area is 139 Å². The molecular formula is C16H20N4O2S. The smallest absolute Gasteiger partial charge is 0.267 e. The lowest BCUT2D eigenvalue weighted by molar-refractivity contribution is 0.0648. The maximum atomic E-state index is 12.8. The number of rotatable bonds is 4. The van der Waals surface area contributed by atoms with E-state index in [0.717, 1.165) is 44.0 Å². The second-order valence-electron chi connectivity index (χ2n) is 5.41. The SMILES string of the molecule is CCN1CCN(C(=O)c2snnc2-c2ccc(OC)cc2)CC1. The van der Waals surface area contributed by atoms with Gasteiger partial charge < -0.3 is 14.5 Å². The molecule has 2 heterocycles. The largest absolute Gasteiger partial charge is 0.497 e. The topological polar surface area (TPSA) is 58.6 Å². The first-order valence-corrected chi connectivity index (χ1v) is 8.48. The van der Waals surface area contributed by atoms with Crippen LogP contribution in [-0.2, 0) is 0 Å². The molecule has 0 bridgehead atoms. The molecule has 0 spiro atoms. The Bertz CT molecular complexity index is 663. The predicted octanol–water partition coefficient (Wildman–Crippen LogP) is 1.99. The number of hydrogen-bond donors (Lipinski definition) is 0. The summed E-state index contributed by atoms with van der Waals surface area (Å²) in [5, 5.41) is 4.16. The molecule has 0 N–H and O–H groups in total. The molecule has 23 heavy (non-hydrogen) atoms. The Hall–Kier alpha value is -1.99. The van der Waals surface area contributed by atoms with Crippen molar-refractivity contribution in [1.82, 2.24) is 19.4 Å². The Kier molecular flexibility index (Phi) is 4.88. The molecule has 1 aliphatic heterocycles. The van der Waals surface area contributed by atoms with Crippen molar-refractivity contribution >= 4 is 17.4 Å². The normalized spacial score (nSPS) is 15.7. The number of carbonyl (C=O) groups is 1. The summed E-state index contributed by atoms with van der Waals surface area (Å²) in [4.78, 5) is 17.6. The summed E-state index contributed by atoms with van der Waals surface area (Å²) in [7, 11) is 1.63. The van der Waals surface area contributed by atoms with Crippen LogP contribution in [0.2, 0.25) is 0 Å². The first kappa shape index (κ1) is 15.9. The molecule has 122 valence electrons. The Morgan fingerprint density at radius 3 is 2.52 bits per heavy atom. The van der Waals surface area contributed by atoms with Gasteiger partial charge in [0.15, 0.2) is 0 Å². The summed E-state index contributed by atoms with van der Waals surface area (Å²) in [6.07, 6.45) is 0. The van der Waals surface area contributed by atoms with Crippen molar-refractivity contribution in [3.63, 3.8) is 0 Å². The maximum absolute atomic E-state index is 12.8. The molecule has 0 saturated carbocycles. The van der Waals surface area contributed by atoms with E-state index < -0.39 is 0 Å². The molecule has 1 saturated heterocycles. The van der Waals surface area contributed by atoms with Crippen molar-refractivity contribution in [2.45, 2.75) is 6.92 Å². The summed E-state index contributed by atoms with van der Waals surface area (Å²) in [5.74, 6) is 0.807. The first-order chi connectivity index (χ1) is 11.2. The Morgan fingerprint density at radius 1 is 1.22 bits per heavy atom. The predicted molar refractivity (Wildman–Crippen MR) is 89.9 cm³/mol. The Balaban J connectivity index is 1.78. The van der Waals surface area contributed by atoms with Crippen molar-refractivity contribution in [3.8, 4) is 17.0 Å². The van der Waals surface area contributed by atoms with E-state index in [4.69, 9.17) is 4.74 Å². The number of aromatic nitrogens is 2. The zero-order valence-electron chi connectivity index (χ0n) is 13.4. The summed E-state index contributed by atoms with van der Waals surface area (Å²) >= 11 is 1.17. The van der Waals surface area contributed by atoms with Crippen LogP contribution >= 0.6 is 11.5 Å². The summed E-state index contributed by atoms with van der Waals surface area (Å²) in [6.45, 7) is 6.53. The van der Waals surface area contributed by atoms with Crippen LogP contribution in [0.1, 0.15) is 16.6 Å². The van der Waals surface area contributed by atoms with Gasteiger partial charge in [-0.05, 0) is 42.3 Å². The van der Waals surface area contributed by atoms with Crippen LogP contribution in [0.25, 0.3) is 11.3 Å². The number of amides is 1. The Morgan fingerprint density at radius 2 is 1.91 bits per heavy atom. The van der Waals surface area contributed by atoms with Crippen LogP contribution in [0.15, 0.2) is 24.3 Å². The summed E-state index contributed by atoms with van der Waals surface area (Å²) in [5.41, 5.74) is 1.54. The van der Waals surface area contributed by atoms with E-state index >= 15 is 0 Å². The van der Waals surface area contributed by atoms with Gasteiger partial charge in [-0.1, -0.05) is 11.4 Å². The number of nitrogens with zero attached hydrogens (tertiary/aromatic N) is 4. The average molecular weight is 332 g/mol. The zero-order chi connectivity index (χ0) is 16.2. The van der Waals surface area contributed by atoms with Gasteiger partial charge in [0.2, 0.25) is 0 Å². The lowest BCUT2D eigenvalue weighted by Crippen LogP contribution is -2.48. The maximum Gasteiger partial charge on any atom is 0.267 e. The van der Waals surface area contributed by atoms with E-state index in [-0.39, 0.29) is 5.91 Å². The number of piperazine rings is 1. The summed E-state index contributed by atoms with van der Waals surface area (Å²) < 4.78 is 9.16. The third-order valence-corrected chi connectivity index (χ3v) is 4.87. The minimum absolute atomic E-state index is 0.0292. The minimum Gasteiger partial charge on any atom is -0.497 e. The van der Waals surface area contributed by atoms with Crippen LogP contribution in [0, 0.1) is 0 Å². The number of carbonyl (C=O) groups excluding carboxylic acids is 1. The lowest BCUT2D eigenvalue weighted by atomic mass is 10.1. The number of methoxy groups -OCH3 is 1. The fraction of sp³-hybridized carbons (Fsp3) is 0.438. The van der Waals surface area contributed by atoms with Crippen LogP contribution in [0.3, 0.4) is 0 Å². The van der Waals surface area contributed by atoms with Crippen LogP contribution < -0.4 is 4.74 Å². The van der Waals surface area contributed by atoms with Gasteiger partial charge in [0.05, 0.1) is 7.11 Å². The first-order valence-electron chi connectivity index (χ1n) is 7.71. The van der Waals surface area contributed by atoms with Gasteiger partial charge in [0, 0.05) is 31.7 Å². The van der Waals surface area contributed by atoms with Crippen molar-refractivity contribution in [2.24, 2.45) is 0 Å². The van der Waals surface area contributed by atoms with E-state index in [1.54, 1.807) is 7.11 Å². The van der Waals surface area contributed by atoms with Gasteiger partial charge in [0.1, 0.15) is 16.3 Å². The third-order valence-electron chi connectivity index (χ3n) is 4.15. The van der Waals surface area contributed by atoms with Crippen molar-refractivity contribution in [3.05, 3.63) is 29.1 Å². The van der Waals surface area contributed by atoms with E-state index in [1.165, 1.54) is 11.5 Å². The average Bonchev–Trinajstić information content (AvgIpc) is 3.11. The van der Waals surface area contributed by atoms with Gasteiger partial charge in [-0.25, -0.2) is 0 Å². The highest BCUT2D eigenvalue weighted by atomic mass is 32.1. The van der Waals surface area contributed by atoms with Gasteiger partial charge in [-0.15, -0.1) is 5.10 Å². The van der Waals surface area contributed by atoms with Crippen molar-refractivity contribution in [1.29, 1.82) is 0 Å². The fourth-order valence-electron chi connectivity index (χ4n) is 2.68. The second kappa shape index (κ2) is 7.06. The molecule has 7 heteroatoms. The van der Waals surface area contributed by atoms with E-state index in [1.807, 2.05) is 29.2 Å². The number of hydrogen-bond acceptors (Lipinski definition) is 6. The molecule has 0 atom stereocenters. The quantitative estimate of drug-likeness (QED) is 0.857. The van der Waals surface area contributed by atoms with E-state index in [0.29, 0.717) is 10.6 Å². The van der Waals surface area contributed by atoms with Gasteiger partial charge in [-0.3, -0.25) is 4.79 Å². The van der Waals surface area contributed by atoms with Gasteiger partial charge >= 0.3 is 0 Å². The lowest BCUT2D eigenvalue weighted by Gasteiger charge is -2.33. The van der Waals surface area contributed by atoms with Crippen LogP contribution in [-0.4, -0.2) is 65.1 Å². The second-order valence-corrected chi connectivity index (χ2v) is 6.16. The number of ether oxygens (including phenoxy) is 1. The molecule has 1 aliphatic rings. The standard InChI is InChI=1S/C16H20N4O2S/c1-3-19-8-10-20(11-9-19)16(21)15-14(17-18-23-15)12-4-6-13(22-2)7-5-12/h4-7H,3,8-11H2,1-2H3. The molecule has 0 unspecified atom stereocenters. The molecule has 1 fully saturated rings. The number of likely N-dealkylation sites (N-methyl/N-ethyl adjacent to an activating group) is 1. The monoisotopic (exact) mass is 332 g/mol. The molecule has 2 aromatic rings. The molecule has 0 aliphatic carbocycles. The van der Waals surface area contributed by atoms with Crippen molar-refractivity contribution < 1.29 is 9.53 Å². The highest BCUT2D eigenvalue weighted by molar-refractivity contribution is 7.08. The third kappa shape index (κ3) is 3.35. The number of benzene rings is 1. The van der Waals surface area contributed by atoms with Gasteiger partial charge in [0.25, 0.3) is 5.91 Å². The van der Waals surface area contributed by atoms with Crippen molar-refractivity contribution in [2.75, 3.05) is 39.8 Å². The molecule has 1 amide bonds. The van der Waals surface area contributed by atoms with E-state index in [2.05, 4.69) is 21.4 Å². The fourth-order valence-corrected chi connectivity index (χ4v) is 3.34. The van der Waals surface area contributed by atoms with Gasteiger partial charge in [-0.2, -0.15) is 0 Å². The molecule has 6 nitrogen and oxygen atoms in total. The molecule has 3 rings (SSSR count). The zero-order valence-corrected chi connectivity index (χ0v) is 14.2. The highest BCUT2D eigenvalue weighted by Crippen LogP contribution is 2.27. The molecule has 1 aromatic heterocycles. The highest BCUT2D eigenvalue weighted by Gasteiger charge is 2.26. The molecular weight excluding hydrogens is 312 g/mol. The summed E-state index contributed by atoms with van der Waals surface area (Å²) in [6, 6.07) is 7.54. The van der Waals surface area contributed by atoms with Crippen LogP contribution in [0.4, 0.5) is 0 Å². The minimum atomic E-state index is 0.0292. The molecule has 0 radical (unpaired) electrons. The van der Waals surface area contributed by atoms with E-state index in [9.17, 15) is 4.79 Å². The molecule has 1 aromatic carbocycles.